The number of sulfone groups is 1. The van der Waals surface area contributed by atoms with Gasteiger partial charge in [0.25, 0.3) is 0 Å². The lowest BCUT2D eigenvalue weighted by Gasteiger charge is -2.13. The number of rotatable bonds is 5. The van der Waals surface area contributed by atoms with Crippen molar-refractivity contribution in [3.63, 3.8) is 0 Å². The molecule has 0 spiro atoms. The van der Waals surface area contributed by atoms with Crippen LogP contribution in [-0.4, -0.2) is 35.3 Å². The van der Waals surface area contributed by atoms with E-state index in [1.807, 2.05) is 55.5 Å². The minimum absolute atomic E-state index is 0.139. The number of anilines is 2. The zero-order valence-corrected chi connectivity index (χ0v) is 18.2. The van der Waals surface area contributed by atoms with Gasteiger partial charge in [-0.1, -0.05) is 47.2 Å². The molecule has 0 unspecified atom stereocenters. The zero-order valence-electron chi connectivity index (χ0n) is 17.4. The molecule has 32 heavy (non-hydrogen) atoms. The second kappa shape index (κ2) is 7.61. The van der Waals surface area contributed by atoms with Crippen molar-refractivity contribution in [2.24, 2.45) is 0 Å². The normalized spacial score (nSPS) is 11.7. The number of hydrogen-bond donors (Lipinski definition) is 1. The number of nitrogens with one attached hydrogen (secondary N) is 1. The van der Waals surface area contributed by atoms with E-state index in [2.05, 4.69) is 20.6 Å². The van der Waals surface area contributed by atoms with Crippen LogP contribution in [0.5, 0.6) is 5.75 Å². The summed E-state index contributed by atoms with van der Waals surface area (Å²) >= 11 is 0. The highest BCUT2D eigenvalue weighted by atomic mass is 32.2. The molecule has 0 bridgehead atoms. The van der Waals surface area contributed by atoms with Gasteiger partial charge in [-0.2, -0.15) is 4.52 Å². The molecule has 2 aromatic heterocycles. The van der Waals surface area contributed by atoms with Gasteiger partial charge < -0.3 is 10.1 Å². The number of aryl methyl sites for hydroxylation is 1. The minimum atomic E-state index is -3.92. The van der Waals surface area contributed by atoms with Gasteiger partial charge in [0.2, 0.25) is 14.9 Å². The molecule has 0 saturated heterocycles. The fraction of sp³-hybridized carbons (Fsp3) is 0.0870. The van der Waals surface area contributed by atoms with Crippen molar-refractivity contribution in [3.05, 3.63) is 78.4 Å². The molecule has 5 rings (SSSR count). The molecule has 8 nitrogen and oxygen atoms in total. The number of para-hydroxylation sites is 3. The van der Waals surface area contributed by atoms with Crippen molar-refractivity contribution in [2.45, 2.75) is 16.8 Å². The van der Waals surface area contributed by atoms with E-state index in [0.717, 1.165) is 10.9 Å². The smallest absolute Gasteiger partial charge is 0.229 e. The summed E-state index contributed by atoms with van der Waals surface area (Å²) in [6.45, 7) is 1.90. The Labute approximate surface area is 184 Å². The van der Waals surface area contributed by atoms with E-state index >= 15 is 0 Å². The third-order valence-corrected chi connectivity index (χ3v) is 6.83. The molecule has 5 aromatic rings. The molecule has 1 N–H and O–H groups in total. The molecular formula is C23H19N5O3S. The van der Waals surface area contributed by atoms with Crippen LogP contribution in [-0.2, 0) is 9.84 Å². The average molecular weight is 446 g/mol. The summed E-state index contributed by atoms with van der Waals surface area (Å²) in [6.07, 6.45) is 0. The number of ether oxygens (including phenoxy) is 1. The summed E-state index contributed by atoms with van der Waals surface area (Å²) in [7, 11) is -2.33. The van der Waals surface area contributed by atoms with Crippen molar-refractivity contribution in [1.82, 2.24) is 19.8 Å². The fourth-order valence-electron chi connectivity index (χ4n) is 3.52. The molecule has 0 saturated carbocycles. The van der Waals surface area contributed by atoms with Gasteiger partial charge in [-0.25, -0.2) is 13.4 Å². The molecule has 9 heteroatoms. The topological polar surface area (TPSA) is 98.5 Å². The number of hydrogen-bond acceptors (Lipinski definition) is 7. The minimum Gasteiger partial charge on any atom is -0.495 e. The lowest BCUT2D eigenvalue weighted by Crippen LogP contribution is -2.06. The second-order valence-electron chi connectivity index (χ2n) is 7.25. The maximum Gasteiger partial charge on any atom is 0.229 e. The number of nitrogens with zero attached hydrogens (tertiary/aromatic N) is 4. The first-order valence-electron chi connectivity index (χ1n) is 9.85. The highest BCUT2D eigenvalue weighted by molar-refractivity contribution is 7.91. The highest BCUT2D eigenvalue weighted by Gasteiger charge is 2.27. The molecule has 0 aliphatic heterocycles. The Bertz CT molecular complexity index is 1560. The van der Waals surface area contributed by atoms with E-state index < -0.39 is 9.84 Å². The Morgan fingerprint density at radius 1 is 0.938 bits per heavy atom. The Balaban J connectivity index is 1.74. The van der Waals surface area contributed by atoms with E-state index in [1.54, 1.807) is 31.4 Å². The highest BCUT2D eigenvalue weighted by Crippen LogP contribution is 2.32. The van der Waals surface area contributed by atoms with Crippen LogP contribution >= 0.6 is 0 Å². The van der Waals surface area contributed by atoms with Gasteiger partial charge in [0.1, 0.15) is 11.6 Å². The maximum atomic E-state index is 13.3. The molecule has 0 atom stereocenters. The van der Waals surface area contributed by atoms with Crippen molar-refractivity contribution < 1.29 is 13.2 Å². The maximum absolute atomic E-state index is 13.3. The van der Waals surface area contributed by atoms with E-state index in [4.69, 9.17) is 4.74 Å². The quantitative estimate of drug-likeness (QED) is 0.433. The van der Waals surface area contributed by atoms with Crippen molar-refractivity contribution in [3.8, 4) is 5.75 Å². The molecule has 0 aliphatic rings. The third kappa shape index (κ3) is 3.23. The number of methoxy groups -OCH3 is 1. The lowest BCUT2D eigenvalue weighted by molar-refractivity contribution is 0.417. The van der Waals surface area contributed by atoms with Gasteiger partial charge in [0.05, 0.1) is 23.2 Å². The molecule has 3 aromatic carbocycles. The summed E-state index contributed by atoms with van der Waals surface area (Å²) < 4.78 is 33.5. The van der Waals surface area contributed by atoms with Crippen molar-refractivity contribution in [1.29, 1.82) is 0 Å². The van der Waals surface area contributed by atoms with Gasteiger partial charge in [-0.3, -0.25) is 0 Å². The van der Waals surface area contributed by atoms with Crippen LogP contribution in [0.25, 0.3) is 16.6 Å². The van der Waals surface area contributed by atoms with E-state index in [0.29, 0.717) is 22.8 Å². The summed E-state index contributed by atoms with van der Waals surface area (Å²) in [5.74, 6) is 1.11. The average Bonchev–Trinajstić information content (AvgIpc) is 3.25. The van der Waals surface area contributed by atoms with Gasteiger partial charge in [-0.05, 0) is 43.3 Å². The summed E-state index contributed by atoms with van der Waals surface area (Å²) in [5.41, 5.74) is 2.48. The summed E-state index contributed by atoms with van der Waals surface area (Å²) in [5, 5.41) is 12.0. The van der Waals surface area contributed by atoms with Gasteiger partial charge >= 0.3 is 0 Å². The van der Waals surface area contributed by atoms with Crippen molar-refractivity contribution in [2.75, 3.05) is 12.4 Å². The molecule has 160 valence electrons. The van der Waals surface area contributed by atoms with Crippen LogP contribution < -0.4 is 10.1 Å². The first kappa shape index (κ1) is 20.0. The largest absolute Gasteiger partial charge is 0.495 e. The molecule has 0 aliphatic carbocycles. The first-order valence-corrected chi connectivity index (χ1v) is 11.3. The molecule has 0 radical (unpaired) electrons. The monoisotopic (exact) mass is 445 g/mol. The van der Waals surface area contributed by atoms with E-state index in [-0.39, 0.29) is 15.6 Å². The van der Waals surface area contributed by atoms with E-state index in [1.165, 1.54) is 4.52 Å². The van der Waals surface area contributed by atoms with Crippen LogP contribution in [0, 0.1) is 6.92 Å². The predicted octanol–water partition coefficient (Wildman–Crippen LogP) is 4.17. The fourth-order valence-corrected chi connectivity index (χ4v) is 4.75. The van der Waals surface area contributed by atoms with Gasteiger partial charge in [0.15, 0.2) is 5.65 Å². The molecule has 0 fully saturated rings. The van der Waals surface area contributed by atoms with Crippen molar-refractivity contribution >= 4 is 37.9 Å². The Morgan fingerprint density at radius 2 is 1.66 bits per heavy atom. The summed E-state index contributed by atoms with van der Waals surface area (Å²) in [6, 6.07) is 21.5. The second-order valence-corrected chi connectivity index (χ2v) is 9.11. The predicted molar refractivity (Wildman–Crippen MR) is 121 cm³/mol. The van der Waals surface area contributed by atoms with Gasteiger partial charge in [-0.15, -0.1) is 5.10 Å². The number of aromatic nitrogens is 4. The Kier molecular flexibility index (Phi) is 4.75. The Hall–Kier alpha value is -3.98. The standard InChI is InChI=1S/C23H19N5O3S/c1-15-11-13-16(14-12-15)32(29,30)23-22-25-21(24-18-8-4-6-10-20(18)31-2)17-7-3-5-9-19(17)28(22)27-26-23/h3-14H,1-2H3,(H,24,25). The Morgan fingerprint density at radius 3 is 2.44 bits per heavy atom. The number of fused-ring (bicyclic) bond motifs is 3. The third-order valence-electron chi connectivity index (χ3n) is 5.17. The van der Waals surface area contributed by atoms with Gasteiger partial charge in [0, 0.05) is 5.39 Å². The van der Waals surface area contributed by atoms with Crippen LogP contribution in [0.2, 0.25) is 0 Å². The lowest BCUT2D eigenvalue weighted by atomic mass is 10.2. The summed E-state index contributed by atoms with van der Waals surface area (Å²) in [4.78, 5) is 4.77. The first-order chi connectivity index (χ1) is 15.5. The van der Waals surface area contributed by atoms with Crippen LogP contribution in [0.1, 0.15) is 5.56 Å². The molecular weight excluding hydrogens is 426 g/mol. The van der Waals surface area contributed by atoms with Crippen LogP contribution in [0.15, 0.2) is 82.7 Å². The molecule has 0 amide bonds. The van der Waals surface area contributed by atoms with Crippen LogP contribution in [0.3, 0.4) is 0 Å². The molecule has 2 heterocycles. The van der Waals surface area contributed by atoms with Crippen LogP contribution in [0.4, 0.5) is 11.5 Å². The number of benzene rings is 3. The van der Waals surface area contributed by atoms with E-state index in [9.17, 15) is 8.42 Å². The SMILES string of the molecule is COc1ccccc1Nc1nc2c(S(=O)(=O)c3ccc(C)cc3)nnn2c2ccccc12. The zero-order chi connectivity index (χ0) is 22.3.